The normalized spacial score (nSPS) is 14.7. The fraction of sp³-hybridized carbons (Fsp3) is 0.516. The molecular formula is C31H42N2O4. The van der Waals surface area contributed by atoms with Gasteiger partial charge >= 0.3 is 5.63 Å². The van der Waals surface area contributed by atoms with Crippen molar-refractivity contribution in [3.63, 3.8) is 0 Å². The van der Waals surface area contributed by atoms with E-state index < -0.39 is 0 Å². The molecule has 1 fully saturated rings. The molecule has 1 aliphatic rings. The lowest BCUT2D eigenvalue weighted by atomic mass is 9.85. The fourth-order valence-corrected chi connectivity index (χ4v) is 5.60. The number of rotatable bonds is 12. The van der Waals surface area contributed by atoms with E-state index in [4.69, 9.17) is 13.9 Å². The minimum absolute atomic E-state index is 0.00853. The molecule has 2 aromatic carbocycles. The maximum atomic E-state index is 12.9. The van der Waals surface area contributed by atoms with E-state index in [9.17, 15) is 4.79 Å². The zero-order valence-corrected chi connectivity index (χ0v) is 23.1. The maximum Gasteiger partial charge on any atom is 0.336 e. The van der Waals surface area contributed by atoms with E-state index in [1.165, 1.54) is 18.4 Å². The molecule has 0 saturated carbocycles. The van der Waals surface area contributed by atoms with Gasteiger partial charge in [0.15, 0.2) is 0 Å². The SMILES string of the molecule is CCCCCc1cc(=O)oc2c([C@H](CCN3CCCC3)c3ccc(N(C)C)cc3)c(OC)cc(OC)c12. The molecule has 200 valence electrons. The van der Waals surface area contributed by atoms with Gasteiger partial charge in [0.1, 0.15) is 17.1 Å². The predicted molar refractivity (Wildman–Crippen MR) is 152 cm³/mol. The Bertz CT molecular complexity index is 1230. The summed E-state index contributed by atoms with van der Waals surface area (Å²) in [7, 11) is 7.45. The second-order valence-electron chi connectivity index (χ2n) is 10.3. The molecule has 0 radical (unpaired) electrons. The minimum atomic E-state index is -0.322. The Labute approximate surface area is 221 Å². The first-order valence-electron chi connectivity index (χ1n) is 13.7. The molecule has 0 N–H and O–H groups in total. The zero-order chi connectivity index (χ0) is 26.4. The van der Waals surface area contributed by atoms with Crippen molar-refractivity contribution in [1.29, 1.82) is 0 Å². The predicted octanol–water partition coefficient (Wildman–Crippen LogP) is 6.23. The third kappa shape index (κ3) is 6.12. The Morgan fingerprint density at radius 3 is 2.32 bits per heavy atom. The number of benzene rings is 2. The number of fused-ring (bicyclic) bond motifs is 1. The van der Waals surface area contributed by atoms with Gasteiger partial charge in [-0.15, -0.1) is 0 Å². The first-order chi connectivity index (χ1) is 18.0. The molecule has 0 amide bonds. The summed E-state index contributed by atoms with van der Waals surface area (Å²) in [5.41, 5.74) is 4.54. The van der Waals surface area contributed by atoms with Crippen LogP contribution < -0.4 is 20.0 Å². The second kappa shape index (κ2) is 12.5. The Kier molecular flexibility index (Phi) is 9.14. The van der Waals surface area contributed by atoms with Crippen molar-refractivity contribution < 1.29 is 13.9 Å². The molecule has 2 heterocycles. The van der Waals surface area contributed by atoms with Crippen LogP contribution in [0.3, 0.4) is 0 Å². The van der Waals surface area contributed by atoms with Crippen LogP contribution >= 0.6 is 0 Å². The number of methoxy groups -OCH3 is 2. The third-order valence-corrected chi connectivity index (χ3v) is 7.64. The number of hydrogen-bond acceptors (Lipinski definition) is 6. The van der Waals surface area contributed by atoms with Crippen LogP contribution in [0.5, 0.6) is 11.5 Å². The standard InChI is InChI=1S/C31H42N2O4/c1-6-7-8-11-23-20-28(34)37-31-29(23)26(35-4)21-27(36-5)30(31)25(16-19-33-17-9-10-18-33)22-12-14-24(15-13-22)32(2)3/h12-15,20-21,25H,6-11,16-19H2,1-5H3/t25-/m1/s1. The summed E-state index contributed by atoms with van der Waals surface area (Å²) in [6.07, 6.45) is 7.49. The lowest BCUT2D eigenvalue weighted by molar-refractivity contribution is 0.325. The van der Waals surface area contributed by atoms with Crippen LogP contribution in [0.1, 0.15) is 68.1 Å². The topological polar surface area (TPSA) is 55.2 Å². The van der Waals surface area contributed by atoms with Gasteiger partial charge in [0.25, 0.3) is 0 Å². The molecule has 0 aliphatic carbocycles. The zero-order valence-electron chi connectivity index (χ0n) is 23.1. The highest BCUT2D eigenvalue weighted by Gasteiger charge is 2.28. The van der Waals surface area contributed by atoms with Crippen LogP contribution in [-0.4, -0.2) is 52.8 Å². The fourth-order valence-electron chi connectivity index (χ4n) is 5.60. The largest absolute Gasteiger partial charge is 0.496 e. The van der Waals surface area contributed by atoms with Crippen molar-refractivity contribution in [2.24, 2.45) is 0 Å². The van der Waals surface area contributed by atoms with Gasteiger partial charge in [0, 0.05) is 43.4 Å². The smallest absolute Gasteiger partial charge is 0.336 e. The summed E-state index contributed by atoms with van der Waals surface area (Å²) in [5, 5.41) is 0.894. The molecule has 1 aliphatic heterocycles. The second-order valence-corrected chi connectivity index (χ2v) is 10.3. The monoisotopic (exact) mass is 506 g/mol. The summed E-state index contributed by atoms with van der Waals surface area (Å²) < 4.78 is 17.8. The van der Waals surface area contributed by atoms with Gasteiger partial charge in [-0.1, -0.05) is 31.9 Å². The van der Waals surface area contributed by atoms with Crippen LogP contribution in [0, 0.1) is 0 Å². The molecule has 0 bridgehead atoms. The van der Waals surface area contributed by atoms with E-state index in [0.717, 1.165) is 73.9 Å². The average molecular weight is 507 g/mol. The van der Waals surface area contributed by atoms with Gasteiger partial charge in [0.2, 0.25) is 0 Å². The van der Waals surface area contributed by atoms with E-state index in [1.807, 2.05) is 6.07 Å². The van der Waals surface area contributed by atoms with Gasteiger partial charge in [0.05, 0.1) is 19.6 Å². The quantitative estimate of drug-likeness (QED) is 0.215. The number of ether oxygens (including phenoxy) is 2. The van der Waals surface area contributed by atoms with Gasteiger partial charge in [-0.25, -0.2) is 4.79 Å². The molecule has 6 heteroatoms. The van der Waals surface area contributed by atoms with E-state index in [0.29, 0.717) is 17.1 Å². The molecule has 37 heavy (non-hydrogen) atoms. The van der Waals surface area contributed by atoms with Crippen LogP contribution in [0.15, 0.2) is 45.6 Å². The van der Waals surface area contributed by atoms with Crippen molar-refractivity contribution in [2.45, 2.75) is 57.8 Å². The number of likely N-dealkylation sites (tertiary alicyclic amines) is 1. The first-order valence-corrected chi connectivity index (χ1v) is 13.7. The number of aryl methyl sites for hydroxylation is 1. The summed E-state index contributed by atoms with van der Waals surface area (Å²) in [4.78, 5) is 17.5. The molecular weight excluding hydrogens is 464 g/mol. The first kappa shape index (κ1) is 27.1. The van der Waals surface area contributed by atoms with Crippen LogP contribution in [0.2, 0.25) is 0 Å². The molecule has 1 atom stereocenters. The highest BCUT2D eigenvalue weighted by Crippen LogP contribution is 2.44. The summed E-state index contributed by atoms with van der Waals surface area (Å²) in [5.74, 6) is 1.39. The van der Waals surface area contributed by atoms with Crippen LogP contribution in [0.4, 0.5) is 5.69 Å². The maximum absolute atomic E-state index is 12.9. The van der Waals surface area contributed by atoms with E-state index in [-0.39, 0.29) is 11.5 Å². The Morgan fingerprint density at radius 2 is 1.70 bits per heavy atom. The van der Waals surface area contributed by atoms with Gasteiger partial charge in [-0.3, -0.25) is 0 Å². The van der Waals surface area contributed by atoms with Crippen LogP contribution in [0.25, 0.3) is 11.0 Å². The lowest BCUT2D eigenvalue weighted by Gasteiger charge is -2.26. The highest BCUT2D eigenvalue weighted by atomic mass is 16.5. The highest BCUT2D eigenvalue weighted by molar-refractivity contribution is 5.92. The third-order valence-electron chi connectivity index (χ3n) is 7.64. The van der Waals surface area contributed by atoms with Gasteiger partial charge in [-0.05, 0) is 75.0 Å². The number of hydrogen-bond donors (Lipinski definition) is 0. The molecule has 4 rings (SSSR count). The Morgan fingerprint density at radius 1 is 1.00 bits per heavy atom. The Balaban J connectivity index is 1.90. The minimum Gasteiger partial charge on any atom is -0.496 e. The summed E-state index contributed by atoms with van der Waals surface area (Å²) in [6.45, 7) is 5.46. The van der Waals surface area contributed by atoms with E-state index in [1.54, 1.807) is 20.3 Å². The van der Waals surface area contributed by atoms with E-state index >= 15 is 0 Å². The van der Waals surface area contributed by atoms with Crippen molar-refractivity contribution >= 4 is 16.7 Å². The molecule has 0 spiro atoms. The van der Waals surface area contributed by atoms with Gasteiger partial charge in [-0.2, -0.15) is 0 Å². The molecule has 6 nitrogen and oxygen atoms in total. The lowest BCUT2D eigenvalue weighted by Crippen LogP contribution is -2.23. The number of unbranched alkanes of at least 4 members (excludes halogenated alkanes) is 2. The van der Waals surface area contributed by atoms with Crippen LogP contribution in [-0.2, 0) is 6.42 Å². The molecule has 0 unspecified atom stereocenters. The summed E-state index contributed by atoms with van der Waals surface area (Å²) >= 11 is 0. The van der Waals surface area contributed by atoms with Crippen molar-refractivity contribution in [3.8, 4) is 11.5 Å². The van der Waals surface area contributed by atoms with E-state index in [2.05, 4.69) is 55.1 Å². The average Bonchev–Trinajstić information content (AvgIpc) is 3.42. The van der Waals surface area contributed by atoms with Crippen molar-refractivity contribution in [2.75, 3.05) is 52.8 Å². The molecule has 1 saturated heterocycles. The van der Waals surface area contributed by atoms with Crippen molar-refractivity contribution in [3.05, 3.63) is 63.5 Å². The molecule has 1 aromatic heterocycles. The Hall–Kier alpha value is -2.99. The van der Waals surface area contributed by atoms with Crippen molar-refractivity contribution in [1.82, 2.24) is 4.90 Å². The summed E-state index contributed by atoms with van der Waals surface area (Å²) in [6, 6.07) is 12.3. The number of anilines is 1. The molecule has 3 aromatic rings. The van der Waals surface area contributed by atoms with Gasteiger partial charge < -0.3 is 23.7 Å². The number of nitrogens with zero attached hydrogens (tertiary/aromatic N) is 2.